The molecule has 0 spiro atoms. The summed E-state index contributed by atoms with van der Waals surface area (Å²) in [4.78, 5) is 12.3. The van der Waals surface area contributed by atoms with Crippen LogP contribution in [0.25, 0.3) is 0 Å². The van der Waals surface area contributed by atoms with E-state index in [1.807, 2.05) is 6.07 Å². The molecule has 0 fully saturated rings. The van der Waals surface area contributed by atoms with Crippen LogP contribution in [-0.4, -0.2) is 14.3 Å². The minimum absolute atomic E-state index is 0.0297. The van der Waals surface area contributed by atoms with Crippen molar-refractivity contribution in [3.05, 3.63) is 80.2 Å². The van der Waals surface area contributed by atoms with Gasteiger partial charge in [0, 0.05) is 5.02 Å². The zero-order chi connectivity index (χ0) is 23.5. The highest BCUT2D eigenvalue weighted by Crippen LogP contribution is 2.32. The third kappa shape index (κ3) is 6.22. The molecule has 3 rings (SSSR count). The second kappa shape index (κ2) is 9.90. The predicted octanol–water partition coefficient (Wildman–Crippen LogP) is 5.25. The van der Waals surface area contributed by atoms with Gasteiger partial charge in [-0.2, -0.15) is 5.26 Å². The number of amides is 1. The molecule has 32 heavy (non-hydrogen) atoms. The number of ether oxygens (including phenoxy) is 1. The number of nitrogens with one attached hydrogen (secondary N) is 1. The first-order valence-electron chi connectivity index (χ1n) is 8.84. The van der Waals surface area contributed by atoms with Crippen molar-refractivity contribution < 1.29 is 17.9 Å². The van der Waals surface area contributed by atoms with Gasteiger partial charge in [0.25, 0.3) is 0 Å². The van der Waals surface area contributed by atoms with E-state index in [0.717, 1.165) is 0 Å². The minimum Gasteiger partial charge on any atom is -0.456 e. The van der Waals surface area contributed by atoms with Crippen LogP contribution < -0.4 is 15.2 Å². The van der Waals surface area contributed by atoms with Gasteiger partial charge in [-0.15, -0.1) is 0 Å². The number of hydrogen-bond acceptors (Lipinski definition) is 5. The van der Waals surface area contributed by atoms with Gasteiger partial charge in [-0.1, -0.05) is 29.3 Å². The number of carbonyl (C=O) groups is 1. The third-order valence-corrected chi connectivity index (χ3v) is 6.19. The molecule has 0 heterocycles. The molecule has 0 unspecified atom stereocenters. The van der Waals surface area contributed by atoms with Crippen molar-refractivity contribution in [3.8, 4) is 17.6 Å². The first kappa shape index (κ1) is 24.0. The molecule has 3 aromatic carbocycles. The van der Waals surface area contributed by atoms with E-state index in [4.69, 9.17) is 38.3 Å². The first-order valence-corrected chi connectivity index (χ1v) is 11.9. The molecule has 3 aromatic rings. The molecule has 0 bridgehead atoms. The fourth-order valence-corrected chi connectivity index (χ4v) is 4.27. The highest BCUT2D eigenvalue weighted by molar-refractivity contribution is 9.10. The van der Waals surface area contributed by atoms with Crippen LogP contribution in [0.4, 0.5) is 5.69 Å². The predicted molar refractivity (Wildman–Crippen MR) is 126 cm³/mol. The smallest absolute Gasteiger partial charge is 0.238 e. The number of nitrogens with two attached hydrogens (primary N) is 1. The van der Waals surface area contributed by atoms with E-state index in [-0.39, 0.29) is 27.9 Å². The Kier molecular flexibility index (Phi) is 7.44. The summed E-state index contributed by atoms with van der Waals surface area (Å²) in [5.74, 6) is 0.518. The van der Waals surface area contributed by atoms with Gasteiger partial charge >= 0.3 is 0 Å². The molecule has 0 aromatic heterocycles. The Morgan fingerprint density at radius 3 is 2.50 bits per heavy atom. The largest absolute Gasteiger partial charge is 0.456 e. The Morgan fingerprint density at radius 2 is 1.88 bits per heavy atom. The lowest BCUT2D eigenvalue weighted by atomic mass is 10.1. The number of carbonyl (C=O) groups excluding carboxylic acids is 1. The molecule has 0 radical (unpaired) electrons. The molecule has 3 N–H and O–H groups in total. The van der Waals surface area contributed by atoms with Crippen LogP contribution in [0.2, 0.25) is 10.0 Å². The molecule has 1 amide bonds. The maximum Gasteiger partial charge on any atom is 0.238 e. The van der Waals surface area contributed by atoms with Gasteiger partial charge in [-0.25, -0.2) is 13.6 Å². The van der Waals surface area contributed by atoms with E-state index in [9.17, 15) is 13.2 Å². The lowest BCUT2D eigenvalue weighted by molar-refractivity contribution is -0.115. The highest BCUT2D eigenvalue weighted by Gasteiger charge is 2.13. The molecule has 0 aliphatic rings. The van der Waals surface area contributed by atoms with Gasteiger partial charge in [-0.3, -0.25) is 4.79 Å². The summed E-state index contributed by atoms with van der Waals surface area (Å²) >= 11 is 15.5. The van der Waals surface area contributed by atoms with Gasteiger partial charge in [0.2, 0.25) is 15.9 Å². The van der Waals surface area contributed by atoms with Crippen molar-refractivity contribution in [1.82, 2.24) is 0 Å². The summed E-state index contributed by atoms with van der Waals surface area (Å²) in [6, 6.07) is 15.6. The first-order chi connectivity index (χ1) is 15.0. The van der Waals surface area contributed by atoms with Crippen LogP contribution in [0.3, 0.4) is 0 Å². The Bertz CT molecular complexity index is 1360. The minimum atomic E-state index is -3.89. The van der Waals surface area contributed by atoms with Crippen LogP contribution >= 0.6 is 39.1 Å². The Balaban J connectivity index is 1.70. The van der Waals surface area contributed by atoms with Crippen molar-refractivity contribution >= 4 is 60.7 Å². The summed E-state index contributed by atoms with van der Waals surface area (Å²) in [6.07, 6.45) is 0.0297. The summed E-state index contributed by atoms with van der Waals surface area (Å²) in [5.41, 5.74) is 1.31. The molecular weight excluding hydrogens is 541 g/mol. The zero-order valence-corrected chi connectivity index (χ0v) is 20.0. The van der Waals surface area contributed by atoms with Gasteiger partial charge in [0.15, 0.2) is 0 Å². The van der Waals surface area contributed by atoms with Crippen molar-refractivity contribution in [2.75, 3.05) is 5.32 Å². The molecular formula is C21H14BrCl2N3O4S. The van der Waals surface area contributed by atoms with E-state index in [1.165, 1.54) is 24.3 Å². The van der Waals surface area contributed by atoms with Crippen LogP contribution in [0.5, 0.6) is 11.5 Å². The Morgan fingerprint density at radius 1 is 1.12 bits per heavy atom. The molecule has 0 aliphatic carbocycles. The van der Waals surface area contributed by atoms with E-state index in [0.29, 0.717) is 32.1 Å². The van der Waals surface area contributed by atoms with E-state index < -0.39 is 10.0 Å². The van der Waals surface area contributed by atoms with Gasteiger partial charge in [0.05, 0.1) is 38.1 Å². The molecule has 7 nitrogen and oxygen atoms in total. The molecule has 11 heteroatoms. The van der Waals surface area contributed by atoms with Crippen molar-refractivity contribution in [2.24, 2.45) is 5.14 Å². The number of nitriles is 1. The average Bonchev–Trinajstić information content (AvgIpc) is 2.70. The number of benzene rings is 3. The van der Waals surface area contributed by atoms with E-state index in [2.05, 4.69) is 21.2 Å². The third-order valence-electron chi connectivity index (χ3n) is 4.13. The van der Waals surface area contributed by atoms with Crippen LogP contribution in [-0.2, 0) is 21.2 Å². The number of halogens is 3. The standard InChI is InChI=1S/C21H14BrCl2N3O4S/c22-17-7-12(1-4-20(17)31-15-6-13(11-25)5-14(23)9-15)8-21(28)27-19-3-2-16(10-18(19)24)32(26,29)30/h1-7,9-10H,8H2,(H,27,28)(H2,26,29,30). The van der Waals surface area contributed by atoms with Crippen molar-refractivity contribution in [1.29, 1.82) is 5.26 Å². The van der Waals surface area contributed by atoms with Gasteiger partial charge in [0.1, 0.15) is 11.5 Å². The van der Waals surface area contributed by atoms with Gasteiger partial charge < -0.3 is 10.1 Å². The Labute approximate surface area is 202 Å². The van der Waals surface area contributed by atoms with Gasteiger partial charge in [-0.05, 0) is 70.0 Å². The summed E-state index contributed by atoms with van der Waals surface area (Å²) in [7, 11) is -3.89. The number of anilines is 1. The molecule has 0 aliphatic heterocycles. The maximum atomic E-state index is 12.4. The van der Waals surface area contributed by atoms with E-state index in [1.54, 1.807) is 30.3 Å². The molecule has 0 saturated carbocycles. The maximum absolute atomic E-state index is 12.4. The quantitative estimate of drug-likeness (QED) is 0.431. The van der Waals surface area contributed by atoms with Crippen molar-refractivity contribution in [3.63, 3.8) is 0 Å². The van der Waals surface area contributed by atoms with Crippen molar-refractivity contribution in [2.45, 2.75) is 11.3 Å². The molecule has 0 saturated heterocycles. The molecule has 0 atom stereocenters. The number of primary sulfonamides is 1. The SMILES string of the molecule is N#Cc1cc(Cl)cc(Oc2ccc(CC(=O)Nc3ccc(S(N)(=O)=O)cc3Cl)cc2Br)c1. The number of nitrogens with zero attached hydrogens (tertiary/aromatic N) is 1. The van der Waals surface area contributed by atoms with Crippen LogP contribution in [0.15, 0.2) is 64.0 Å². The normalized spacial score (nSPS) is 11.0. The number of rotatable bonds is 6. The van der Waals surface area contributed by atoms with Crippen LogP contribution in [0.1, 0.15) is 11.1 Å². The molecule has 164 valence electrons. The fourth-order valence-electron chi connectivity index (χ4n) is 2.70. The Hall–Kier alpha value is -2.61. The fraction of sp³-hybridized carbons (Fsp3) is 0.0476. The second-order valence-electron chi connectivity index (χ2n) is 6.57. The van der Waals surface area contributed by atoms with Crippen LogP contribution in [0, 0.1) is 11.3 Å². The summed E-state index contributed by atoms with van der Waals surface area (Å²) in [6.45, 7) is 0. The lowest BCUT2D eigenvalue weighted by Crippen LogP contribution is -2.16. The van der Waals surface area contributed by atoms with E-state index >= 15 is 0 Å². The zero-order valence-electron chi connectivity index (χ0n) is 16.1. The number of sulfonamides is 1. The number of hydrogen-bond donors (Lipinski definition) is 2. The topological polar surface area (TPSA) is 122 Å². The summed E-state index contributed by atoms with van der Waals surface area (Å²) < 4.78 is 29.1. The summed E-state index contributed by atoms with van der Waals surface area (Å²) in [5, 5.41) is 17.2. The lowest BCUT2D eigenvalue weighted by Gasteiger charge is -2.11. The highest BCUT2D eigenvalue weighted by atomic mass is 79.9. The second-order valence-corrected chi connectivity index (χ2v) is 9.83. The average molecular weight is 555 g/mol. The monoisotopic (exact) mass is 553 g/mol.